The lowest BCUT2D eigenvalue weighted by molar-refractivity contribution is -0.165. The van der Waals surface area contributed by atoms with Gasteiger partial charge in [-0.3, -0.25) is 9.59 Å². The predicted molar refractivity (Wildman–Crippen MR) is 81.9 cm³/mol. The van der Waals surface area contributed by atoms with Crippen molar-refractivity contribution in [3.8, 4) is 0 Å². The summed E-state index contributed by atoms with van der Waals surface area (Å²) in [6.07, 6.45) is 10.7. The number of nitrogens with one attached hydrogen (secondary N) is 1. The third-order valence-electron chi connectivity index (χ3n) is 6.56. The van der Waals surface area contributed by atoms with Crippen LogP contribution in [0, 0.1) is 29.6 Å². The summed E-state index contributed by atoms with van der Waals surface area (Å²) >= 11 is 0. The standard InChI is InChI=1S/C18H27NO3/c20-16(19-15-3-1-2-4-15)10-22-18(21)17-13-6-11-5-12(8-13)9-14(17)7-11/h11-15,17H,1-10H2,(H,19,20). The zero-order valence-corrected chi connectivity index (χ0v) is 13.3. The molecule has 0 unspecified atom stereocenters. The number of amides is 1. The van der Waals surface area contributed by atoms with Crippen molar-refractivity contribution in [3.63, 3.8) is 0 Å². The molecule has 4 nitrogen and oxygen atoms in total. The minimum Gasteiger partial charge on any atom is -0.455 e. The van der Waals surface area contributed by atoms with Crippen LogP contribution in [-0.2, 0) is 14.3 Å². The Morgan fingerprint density at radius 3 is 2.09 bits per heavy atom. The van der Waals surface area contributed by atoms with Gasteiger partial charge in [0.25, 0.3) is 5.91 Å². The van der Waals surface area contributed by atoms with Crippen LogP contribution in [0.25, 0.3) is 0 Å². The molecule has 5 aliphatic rings. The number of hydrogen-bond acceptors (Lipinski definition) is 3. The van der Waals surface area contributed by atoms with Gasteiger partial charge in [0.15, 0.2) is 6.61 Å². The van der Waals surface area contributed by atoms with Gasteiger partial charge in [-0.15, -0.1) is 0 Å². The van der Waals surface area contributed by atoms with E-state index < -0.39 is 0 Å². The fourth-order valence-corrected chi connectivity index (χ4v) is 5.88. The van der Waals surface area contributed by atoms with E-state index in [2.05, 4.69) is 5.32 Å². The van der Waals surface area contributed by atoms with Gasteiger partial charge in [-0.25, -0.2) is 0 Å². The van der Waals surface area contributed by atoms with Gasteiger partial charge in [-0.2, -0.15) is 0 Å². The summed E-state index contributed by atoms with van der Waals surface area (Å²) in [5, 5.41) is 2.99. The Balaban J connectivity index is 1.28. The second-order valence-electron chi connectivity index (χ2n) is 8.11. The molecule has 5 saturated carbocycles. The van der Waals surface area contributed by atoms with Crippen molar-refractivity contribution in [2.75, 3.05) is 6.61 Å². The van der Waals surface area contributed by atoms with Gasteiger partial charge >= 0.3 is 5.97 Å². The van der Waals surface area contributed by atoms with Crippen molar-refractivity contribution in [1.29, 1.82) is 0 Å². The van der Waals surface area contributed by atoms with Crippen LogP contribution < -0.4 is 5.32 Å². The number of rotatable bonds is 4. The van der Waals surface area contributed by atoms with E-state index in [-0.39, 0.29) is 24.4 Å². The summed E-state index contributed by atoms with van der Waals surface area (Å²) in [5.74, 6) is 2.63. The Morgan fingerprint density at radius 2 is 1.50 bits per heavy atom. The Hall–Kier alpha value is -1.06. The van der Waals surface area contributed by atoms with E-state index in [4.69, 9.17) is 4.74 Å². The van der Waals surface area contributed by atoms with Gasteiger partial charge < -0.3 is 10.1 Å². The molecule has 1 amide bonds. The molecule has 122 valence electrons. The monoisotopic (exact) mass is 305 g/mol. The summed E-state index contributed by atoms with van der Waals surface area (Å²) in [6.45, 7) is -0.0852. The highest BCUT2D eigenvalue weighted by molar-refractivity contribution is 5.81. The second kappa shape index (κ2) is 5.86. The summed E-state index contributed by atoms with van der Waals surface area (Å²) in [4.78, 5) is 24.4. The number of hydrogen-bond donors (Lipinski definition) is 1. The van der Waals surface area contributed by atoms with Crippen LogP contribution in [-0.4, -0.2) is 24.5 Å². The van der Waals surface area contributed by atoms with Crippen LogP contribution in [0.2, 0.25) is 0 Å². The topological polar surface area (TPSA) is 55.4 Å². The Labute approximate surface area is 132 Å². The molecular weight excluding hydrogens is 278 g/mol. The van der Waals surface area contributed by atoms with Crippen LogP contribution in [0.5, 0.6) is 0 Å². The van der Waals surface area contributed by atoms with Gasteiger partial charge in [-0.05, 0) is 68.6 Å². The maximum atomic E-state index is 12.5. The average Bonchev–Trinajstić information content (AvgIpc) is 2.97. The van der Waals surface area contributed by atoms with E-state index in [0.29, 0.717) is 17.9 Å². The maximum Gasteiger partial charge on any atom is 0.310 e. The van der Waals surface area contributed by atoms with Crippen LogP contribution in [0.15, 0.2) is 0 Å². The summed E-state index contributed by atoms with van der Waals surface area (Å²) in [5.41, 5.74) is 0. The Bertz CT molecular complexity index is 427. The molecule has 0 heterocycles. The number of carbonyl (C=O) groups is 2. The average molecular weight is 305 g/mol. The van der Waals surface area contributed by atoms with Crippen molar-refractivity contribution in [3.05, 3.63) is 0 Å². The van der Waals surface area contributed by atoms with Gasteiger partial charge in [0, 0.05) is 6.04 Å². The first-order valence-corrected chi connectivity index (χ1v) is 9.15. The highest BCUT2D eigenvalue weighted by atomic mass is 16.5. The number of esters is 1. The van der Waals surface area contributed by atoms with Crippen molar-refractivity contribution in [2.45, 2.75) is 63.8 Å². The fraction of sp³-hybridized carbons (Fsp3) is 0.889. The van der Waals surface area contributed by atoms with E-state index in [1.165, 1.54) is 44.9 Å². The van der Waals surface area contributed by atoms with Gasteiger partial charge in [-0.1, -0.05) is 12.8 Å². The smallest absolute Gasteiger partial charge is 0.310 e. The zero-order valence-electron chi connectivity index (χ0n) is 13.3. The van der Waals surface area contributed by atoms with E-state index in [1.54, 1.807) is 0 Å². The molecule has 0 aromatic rings. The van der Waals surface area contributed by atoms with Crippen molar-refractivity contribution in [1.82, 2.24) is 5.32 Å². The molecule has 1 N–H and O–H groups in total. The molecule has 22 heavy (non-hydrogen) atoms. The third-order valence-corrected chi connectivity index (χ3v) is 6.56. The summed E-state index contributed by atoms with van der Waals surface area (Å²) < 4.78 is 5.39. The second-order valence-corrected chi connectivity index (χ2v) is 8.11. The first-order valence-electron chi connectivity index (χ1n) is 9.15. The molecule has 0 saturated heterocycles. The largest absolute Gasteiger partial charge is 0.455 e. The fourth-order valence-electron chi connectivity index (χ4n) is 5.88. The molecule has 4 heteroatoms. The molecule has 0 aromatic heterocycles. The highest BCUT2D eigenvalue weighted by Crippen LogP contribution is 2.56. The zero-order chi connectivity index (χ0) is 15.1. The molecule has 5 rings (SSSR count). The highest BCUT2D eigenvalue weighted by Gasteiger charge is 2.51. The van der Waals surface area contributed by atoms with Crippen LogP contribution in [0.4, 0.5) is 0 Å². The van der Waals surface area contributed by atoms with Gasteiger partial charge in [0.05, 0.1) is 5.92 Å². The third kappa shape index (κ3) is 2.77. The molecule has 0 radical (unpaired) electrons. The SMILES string of the molecule is O=C(COC(=O)C1C2CC3CC(C2)CC1C3)NC1CCCC1. The molecule has 0 aromatic carbocycles. The van der Waals surface area contributed by atoms with Crippen molar-refractivity contribution < 1.29 is 14.3 Å². The van der Waals surface area contributed by atoms with Gasteiger partial charge in [0.2, 0.25) is 0 Å². The molecule has 4 bridgehead atoms. The number of ether oxygens (including phenoxy) is 1. The van der Waals surface area contributed by atoms with E-state index in [9.17, 15) is 9.59 Å². The molecule has 5 fully saturated rings. The maximum absolute atomic E-state index is 12.5. The van der Waals surface area contributed by atoms with Gasteiger partial charge in [0.1, 0.15) is 0 Å². The summed E-state index contributed by atoms with van der Waals surface area (Å²) in [6, 6.07) is 0.298. The molecular formula is C18H27NO3. The predicted octanol–water partition coefficient (Wildman–Crippen LogP) is 2.66. The van der Waals surface area contributed by atoms with E-state index in [0.717, 1.165) is 24.7 Å². The quantitative estimate of drug-likeness (QED) is 0.812. The number of carbonyl (C=O) groups excluding carboxylic acids is 2. The minimum atomic E-state index is -0.121. The summed E-state index contributed by atoms with van der Waals surface area (Å²) in [7, 11) is 0. The van der Waals surface area contributed by atoms with Crippen LogP contribution in [0.1, 0.15) is 57.8 Å². The molecule has 0 aliphatic heterocycles. The first kappa shape index (κ1) is 14.5. The normalized spacial score (nSPS) is 39.9. The lowest BCUT2D eigenvalue weighted by Gasteiger charge is -2.53. The van der Waals surface area contributed by atoms with Crippen LogP contribution in [0.3, 0.4) is 0 Å². The Morgan fingerprint density at radius 1 is 0.909 bits per heavy atom. The van der Waals surface area contributed by atoms with Crippen molar-refractivity contribution >= 4 is 11.9 Å². The Kier molecular flexibility index (Phi) is 3.87. The van der Waals surface area contributed by atoms with Crippen molar-refractivity contribution in [2.24, 2.45) is 29.6 Å². The lowest BCUT2D eigenvalue weighted by atomic mass is 9.52. The first-order chi connectivity index (χ1) is 10.7. The molecule has 0 atom stereocenters. The molecule has 5 aliphatic carbocycles. The van der Waals surface area contributed by atoms with E-state index in [1.807, 2.05) is 0 Å². The minimum absolute atomic E-state index is 0.0760. The van der Waals surface area contributed by atoms with E-state index >= 15 is 0 Å². The lowest BCUT2D eigenvalue weighted by Crippen LogP contribution is -2.49. The molecule has 0 spiro atoms. The van der Waals surface area contributed by atoms with Crippen LogP contribution >= 0.6 is 0 Å².